The Bertz CT molecular complexity index is 1170. The Kier molecular flexibility index (Phi) is 6.40. The molecule has 0 amide bonds. The van der Waals surface area contributed by atoms with Gasteiger partial charge in [0.25, 0.3) is 5.56 Å². The van der Waals surface area contributed by atoms with Crippen LogP contribution in [0.1, 0.15) is 12.0 Å². The van der Waals surface area contributed by atoms with Crippen molar-refractivity contribution >= 4 is 26.9 Å². The molecule has 0 aliphatic carbocycles. The van der Waals surface area contributed by atoms with Gasteiger partial charge in [0.05, 0.1) is 28.5 Å². The lowest BCUT2D eigenvalue weighted by atomic mass is 10.1. The number of para-hydroxylation sites is 1. The van der Waals surface area contributed by atoms with E-state index in [1.54, 1.807) is 30.3 Å². The van der Waals surface area contributed by atoms with Crippen molar-refractivity contribution in [2.45, 2.75) is 24.8 Å². The highest BCUT2D eigenvalue weighted by Crippen LogP contribution is 2.11. The Hall–Kier alpha value is -3.04. The van der Waals surface area contributed by atoms with E-state index >= 15 is 0 Å². The summed E-state index contributed by atoms with van der Waals surface area (Å²) < 4.78 is 32.9. The van der Waals surface area contributed by atoms with Crippen molar-refractivity contribution in [3.05, 3.63) is 70.8 Å². The number of rotatable bonds is 8. The van der Waals surface area contributed by atoms with Gasteiger partial charge in [0.15, 0.2) is 0 Å². The van der Waals surface area contributed by atoms with Crippen LogP contribution >= 0.6 is 0 Å². The summed E-state index contributed by atoms with van der Waals surface area (Å²) in [6.07, 6.45) is 1.39. The zero-order valence-corrected chi connectivity index (χ0v) is 16.7. The number of fused-ring (bicyclic) bond motifs is 1. The molecule has 8 nitrogen and oxygen atoms in total. The third kappa shape index (κ3) is 5.07. The maximum atomic E-state index is 12.5. The lowest BCUT2D eigenvalue weighted by molar-refractivity contribution is -0.143. The van der Waals surface area contributed by atoms with Gasteiger partial charge >= 0.3 is 5.97 Å². The summed E-state index contributed by atoms with van der Waals surface area (Å²) in [7, 11) is -3.64. The lowest BCUT2D eigenvalue weighted by Crippen LogP contribution is -2.28. The van der Waals surface area contributed by atoms with E-state index in [1.807, 2.05) is 13.0 Å². The van der Waals surface area contributed by atoms with Crippen LogP contribution in [0.5, 0.6) is 0 Å². The van der Waals surface area contributed by atoms with E-state index in [0.29, 0.717) is 10.9 Å². The summed E-state index contributed by atoms with van der Waals surface area (Å²) in [6.45, 7) is 1.86. The second kappa shape index (κ2) is 8.97. The number of benzene rings is 2. The minimum absolute atomic E-state index is 0.0235. The Morgan fingerprint density at radius 1 is 1.14 bits per heavy atom. The fraction of sp³-hybridized carbons (Fsp3) is 0.250. The van der Waals surface area contributed by atoms with Crippen LogP contribution in [0.25, 0.3) is 10.9 Å². The lowest BCUT2D eigenvalue weighted by Gasteiger charge is -2.09. The highest BCUT2D eigenvalue weighted by Gasteiger charge is 2.13. The maximum absolute atomic E-state index is 12.5. The topological polar surface area (TPSA) is 107 Å². The smallest absolute Gasteiger partial charge is 0.307 e. The molecule has 1 N–H and O–H groups in total. The molecule has 152 valence electrons. The van der Waals surface area contributed by atoms with Crippen molar-refractivity contribution in [3.8, 4) is 0 Å². The molecule has 0 saturated heterocycles. The molecule has 0 spiro atoms. The summed E-state index contributed by atoms with van der Waals surface area (Å²) >= 11 is 0. The number of sulfonamides is 1. The van der Waals surface area contributed by atoms with Gasteiger partial charge in [0.2, 0.25) is 10.0 Å². The van der Waals surface area contributed by atoms with E-state index in [-0.39, 0.29) is 36.6 Å². The fourth-order valence-electron chi connectivity index (χ4n) is 2.80. The Morgan fingerprint density at radius 2 is 1.90 bits per heavy atom. The molecule has 0 unspecified atom stereocenters. The first kappa shape index (κ1) is 20.7. The van der Waals surface area contributed by atoms with Gasteiger partial charge in [-0.1, -0.05) is 30.3 Å². The Morgan fingerprint density at radius 3 is 2.66 bits per heavy atom. The maximum Gasteiger partial charge on any atom is 0.307 e. The van der Waals surface area contributed by atoms with Crippen LogP contribution < -0.4 is 10.3 Å². The van der Waals surface area contributed by atoms with Crippen molar-refractivity contribution in [1.29, 1.82) is 0 Å². The molecule has 0 radical (unpaired) electrons. The van der Waals surface area contributed by atoms with Crippen molar-refractivity contribution in [3.63, 3.8) is 0 Å². The average Bonchev–Trinajstić information content (AvgIpc) is 2.72. The number of aromatic nitrogens is 2. The van der Waals surface area contributed by atoms with Gasteiger partial charge in [0, 0.05) is 13.1 Å². The van der Waals surface area contributed by atoms with Crippen molar-refractivity contribution in [2.75, 3.05) is 13.2 Å². The monoisotopic (exact) mass is 415 g/mol. The molecule has 0 fully saturated rings. The number of hydrogen-bond acceptors (Lipinski definition) is 6. The van der Waals surface area contributed by atoms with Gasteiger partial charge in [-0.05, 0) is 30.7 Å². The molecule has 3 rings (SSSR count). The van der Waals surface area contributed by atoms with E-state index in [0.717, 1.165) is 5.56 Å². The van der Waals surface area contributed by atoms with Gasteiger partial charge in [-0.2, -0.15) is 0 Å². The summed E-state index contributed by atoms with van der Waals surface area (Å²) in [5, 5.41) is 0.496. The van der Waals surface area contributed by atoms with Crippen LogP contribution in [-0.2, 0) is 26.1 Å². The van der Waals surface area contributed by atoms with E-state index in [1.165, 1.54) is 23.0 Å². The Labute approximate surface area is 168 Å². The van der Waals surface area contributed by atoms with Gasteiger partial charge in [-0.15, -0.1) is 0 Å². The molecule has 1 aromatic heterocycles. The number of nitrogens with zero attached hydrogens (tertiary/aromatic N) is 2. The molecular weight excluding hydrogens is 394 g/mol. The summed E-state index contributed by atoms with van der Waals surface area (Å²) in [4.78, 5) is 28.8. The minimum Gasteiger partial charge on any atom is -0.464 e. The molecule has 1 heterocycles. The minimum atomic E-state index is -3.64. The standard InChI is InChI=1S/C20H21N3O5S/c1-15-6-5-9-17-19(15)21-14-23(20(17)25)12-10-18(24)28-13-11-22-29(26,27)16-7-3-2-4-8-16/h2-9,14,22H,10-13H2,1H3. The van der Waals surface area contributed by atoms with E-state index in [9.17, 15) is 18.0 Å². The van der Waals surface area contributed by atoms with Crippen LogP contribution in [0.2, 0.25) is 0 Å². The number of nitrogens with one attached hydrogen (secondary N) is 1. The summed E-state index contributed by atoms with van der Waals surface area (Å²) in [6, 6.07) is 13.3. The molecule has 0 saturated carbocycles. The number of carbonyl (C=O) groups excluding carboxylic acids is 1. The number of esters is 1. The molecule has 0 aliphatic heterocycles. The van der Waals surface area contributed by atoms with Gasteiger partial charge in [-0.25, -0.2) is 18.1 Å². The van der Waals surface area contributed by atoms with Crippen LogP contribution in [0.3, 0.4) is 0 Å². The first-order valence-corrected chi connectivity index (χ1v) is 10.5. The predicted octanol–water partition coefficient (Wildman–Crippen LogP) is 1.62. The molecule has 3 aromatic rings. The third-order valence-corrected chi connectivity index (χ3v) is 5.80. The molecule has 0 aliphatic rings. The van der Waals surface area contributed by atoms with E-state index in [4.69, 9.17) is 4.74 Å². The third-order valence-electron chi connectivity index (χ3n) is 4.32. The van der Waals surface area contributed by atoms with Gasteiger partial charge < -0.3 is 4.74 Å². The second-order valence-corrected chi connectivity index (χ2v) is 8.16. The van der Waals surface area contributed by atoms with Crippen LogP contribution in [0.15, 0.2) is 64.5 Å². The van der Waals surface area contributed by atoms with Crippen LogP contribution in [0.4, 0.5) is 0 Å². The molecule has 2 aromatic carbocycles. The Balaban J connectivity index is 1.49. The molecule has 0 bridgehead atoms. The molecule has 9 heteroatoms. The van der Waals surface area contributed by atoms with Crippen LogP contribution in [-0.4, -0.2) is 37.1 Å². The van der Waals surface area contributed by atoms with Crippen molar-refractivity contribution < 1.29 is 17.9 Å². The normalized spacial score (nSPS) is 11.5. The first-order chi connectivity index (χ1) is 13.9. The molecule has 29 heavy (non-hydrogen) atoms. The quantitative estimate of drug-likeness (QED) is 0.442. The SMILES string of the molecule is Cc1cccc2c(=O)n(CCC(=O)OCCNS(=O)(=O)c3ccccc3)cnc12. The number of aryl methyl sites for hydroxylation is 2. The fourth-order valence-corrected chi connectivity index (χ4v) is 3.84. The average molecular weight is 415 g/mol. The summed E-state index contributed by atoms with van der Waals surface area (Å²) in [5.41, 5.74) is 1.33. The largest absolute Gasteiger partial charge is 0.464 e. The highest BCUT2D eigenvalue weighted by molar-refractivity contribution is 7.89. The van der Waals surface area contributed by atoms with Crippen molar-refractivity contribution in [2.24, 2.45) is 0 Å². The number of ether oxygens (including phenoxy) is 1. The highest BCUT2D eigenvalue weighted by atomic mass is 32.2. The van der Waals surface area contributed by atoms with E-state index < -0.39 is 16.0 Å². The second-order valence-electron chi connectivity index (χ2n) is 6.40. The number of carbonyl (C=O) groups is 1. The summed E-state index contributed by atoms with van der Waals surface area (Å²) in [5.74, 6) is -0.528. The van der Waals surface area contributed by atoms with Crippen LogP contribution in [0, 0.1) is 6.92 Å². The zero-order valence-electron chi connectivity index (χ0n) is 15.9. The van der Waals surface area contributed by atoms with Gasteiger partial charge in [0.1, 0.15) is 6.61 Å². The number of hydrogen-bond donors (Lipinski definition) is 1. The van der Waals surface area contributed by atoms with Crippen molar-refractivity contribution in [1.82, 2.24) is 14.3 Å². The molecular formula is C20H21N3O5S. The first-order valence-electron chi connectivity index (χ1n) is 9.03. The van der Waals surface area contributed by atoms with Gasteiger partial charge in [-0.3, -0.25) is 14.2 Å². The molecule has 0 atom stereocenters. The zero-order chi connectivity index (χ0) is 20.9. The van der Waals surface area contributed by atoms with E-state index in [2.05, 4.69) is 9.71 Å². The predicted molar refractivity (Wildman–Crippen MR) is 108 cm³/mol.